The van der Waals surface area contributed by atoms with Crippen molar-refractivity contribution in [3.63, 3.8) is 0 Å². The molecule has 1 aromatic heterocycles. The van der Waals surface area contributed by atoms with Crippen LogP contribution in [-0.4, -0.2) is 29.5 Å². The molecule has 0 spiro atoms. The van der Waals surface area contributed by atoms with Gasteiger partial charge in [-0.1, -0.05) is 15.9 Å². The minimum absolute atomic E-state index is 0.174. The third kappa shape index (κ3) is 3.02. The minimum Gasteiger partial charge on any atom is -0.377 e. The maximum absolute atomic E-state index is 13.6. The molecule has 1 saturated heterocycles. The molecule has 0 amide bonds. The summed E-state index contributed by atoms with van der Waals surface area (Å²) in [6.07, 6.45) is 2.56. The quantitative estimate of drug-likeness (QED) is 0.910. The van der Waals surface area contributed by atoms with Gasteiger partial charge in [0.1, 0.15) is 11.6 Å². The molecule has 0 radical (unpaired) electrons. The van der Waals surface area contributed by atoms with Crippen molar-refractivity contribution in [3.05, 3.63) is 46.3 Å². The SMILES string of the molecule is Fc1ccc(Br)cc1CCNc1ccn(C2COC2)n1. The first-order chi connectivity index (χ1) is 9.72. The zero-order valence-electron chi connectivity index (χ0n) is 10.9. The van der Waals surface area contributed by atoms with Gasteiger partial charge in [0, 0.05) is 23.3 Å². The van der Waals surface area contributed by atoms with Crippen molar-refractivity contribution in [1.82, 2.24) is 9.78 Å². The van der Waals surface area contributed by atoms with Crippen LogP contribution >= 0.6 is 15.9 Å². The van der Waals surface area contributed by atoms with Crippen LogP contribution in [0.3, 0.4) is 0 Å². The molecule has 2 heterocycles. The maximum atomic E-state index is 13.6. The fraction of sp³-hybridized carbons (Fsp3) is 0.357. The largest absolute Gasteiger partial charge is 0.377 e. The number of benzene rings is 1. The molecule has 20 heavy (non-hydrogen) atoms. The van der Waals surface area contributed by atoms with Gasteiger partial charge in [-0.3, -0.25) is 4.68 Å². The smallest absolute Gasteiger partial charge is 0.148 e. The molecule has 0 atom stereocenters. The Morgan fingerprint density at radius 2 is 2.25 bits per heavy atom. The zero-order chi connectivity index (χ0) is 13.9. The number of hydrogen-bond acceptors (Lipinski definition) is 3. The summed E-state index contributed by atoms with van der Waals surface area (Å²) in [6.45, 7) is 2.10. The van der Waals surface area contributed by atoms with Crippen molar-refractivity contribution in [1.29, 1.82) is 0 Å². The normalized spacial score (nSPS) is 15.1. The molecule has 2 aromatic rings. The number of rotatable bonds is 5. The summed E-state index contributed by atoms with van der Waals surface area (Å²) in [5, 5.41) is 7.63. The molecule has 0 bridgehead atoms. The second-order valence-electron chi connectivity index (χ2n) is 4.78. The van der Waals surface area contributed by atoms with Crippen molar-refractivity contribution in [3.8, 4) is 0 Å². The molecule has 1 aliphatic rings. The topological polar surface area (TPSA) is 39.1 Å². The van der Waals surface area contributed by atoms with Crippen molar-refractivity contribution in [2.75, 3.05) is 25.1 Å². The van der Waals surface area contributed by atoms with Gasteiger partial charge in [0.05, 0.1) is 19.3 Å². The Morgan fingerprint density at radius 3 is 3.00 bits per heavy atom. The Labute approximate surface area is 125 Å². The number of halogens is 2. The third-order valence-electron chi connectivity index (χ3n) is 3.31. The summed E-state index contributed by atoms with van der Waals surface area (Å²) < 4.78 is 21.5. The summed E-state index contributed by atoms with van der Waals surface area (Å²) in [6, 6.07) is 7.27. The Kier molecular flexibility index (Phi) is 4.03. The number of ether oxygens (including phenoxy) is 1. The summed E-state index contributed by atoms with van der Waals surface area (Å²) in [7, 11) is 0. The summed E-state index contributed by atoms with van der Waals surface area (Å²) in [5.41, 5.74) is 0.693. The van der Waals surface area contributed by atoms with Gasteiger partial charge in [0.25, 0.3) is 0 Å². The summed E-state index contributed by atoms with van der Waals surface area (Å²) in [4.78, 5) is 0. The van der Waals surface area contributed by atoms with Gasteiger partial charge in [0.15, 0.2) is 0 Å². The first-order valence-electron chi connectivity index (χ1n) is 6.53. The fourth-order valence-electron chi connectivity index (χ4n) is 2.07. The lowest BCUT2D eigenvalue weighted by atomic mass is 10.1. The highest BCUT2D eigenvalue weighted by atomic mass is 79.9. The van der Waals surface area contributed by atoms with Crippen LogP contribution in [-0.2, 0) is 11.2 Å². The highest BCUT2D eigenvalue weighted by Gasteiger charge is 2.20. The van der Waals surface area contributed by atoms with E-state index in [-0.39, 0.29) is 5.82 Å². The van der Waals surface area contributed by atoms with E-state index in [9.17, 15) is 4.39 Å². The van der Waals surface area contributed by atoms with Gasteiger partial charge in [-0.15, -0.1) is 0 Å². The van der Waals surface area contributed by atoms with Gasteiger partial charge in [-0.05, 0) is 30.2 Å². The van der Waals surface area contributed by atoms with E-state index in [1.165, 1.54) is 6.07 Å². The number of anilines is 1. The zero-order valence-corrected chi connectivity index (χ0v) is 12.4. The minimum atomic E-state index is -0.174. The summed E-state index contributed by atoms with van der Waals surface area (Å²) in [5.74, 6) is 0.638. The second-order valence-corrected chi connectivity index (χ2v) is 5.70. The lowest BCUT2D eigenvalue weighted by Crippen LogP contribution is -2.30. The monoisotopic (exact) mass is 339 g/mol. The lowest BCUT2D eigenvalue weighted by Gasteiger charge is -2.25. The molecule has 0 unspecified atom stereocenters. The molecule has 1 aliphatic heterocycles. The first-order valence-corrected chi connectivity index (χ1v) is 7.32. The highest BCUT2D eigenvalue weighted by Crippen LogP contribution is 2.18. The van der Waals surface area contributed by atoms with Crippen LogP contribution in [0, 0.1) is 5.82 Å². The molecular formula is C14H15BrFN3O. The van der Waals surface area contributed by atoms with E-state index in [1.54, 1.807) is 12.1 Å². The van der Waals surface area contributed by atoms with Crippen LogP contribution in [0.1, 0.15) is 11.6 Å². The van der Waals surface area contributed by atoms with E-state index in [2.05, 4.69) is 26.3 Å². The number of hydrogen-bond donors (Lipinski definition) is 1. The molecule has 4 nitrogen and oxygen atoms in total. The number of aromatic nitrogens is 2. The van der Waals surface area contributed by atoms with Gasteiger partial charge in [-0.25, -0.2) is 4.39 Å². The van der Waals surface area contributed by atoms with Crippen molar-refractivity contribution in [2.24, 2.45) is 0 Å². The van der Waals surface area contributed by atoms with Gasteiger partial charge < -0.3 is 10.1 Å². The molecule has 1 fully saturated rings. The molecule has 1 aromatic carbocycles. The standard InChI is InChI=1S/C14H15BrFN3O/c15-11-1-2-13(16)10(7-11)3-5-17-14-4-6-19(18-14)12-8-20-9-12/h1-2,4,6-7,12H,3,5,8-9H2,(H,17,18). The van der Waals surface area contributed by atoms with Crippen LogP contribution < -0.4 is 5.32 Å². The Bertz CT molecular complexity index is 598. The van der Waals surface area contributed by atoms with Crippen molar-refractivity contribution >= 4 is 21.7 Å². The highest BCUT2D eigenvalue weighted by molar-refractivity contribution is 9.10. The Balaban J connectivity index is 1.54. The van der Waals surface area contributed by atoms with E-state index in [4.69, 9.17) is 4.74 Å². The van der Waals surface area contributed by atoms with Crippen LogP contribution in [0.25, 0.3) is 0 Å². The van der Waals surface area contributed by atoms with E-state index in [1.807, 2.05) is 16.9 Å². The van der Waals surface area contributed by atoms with Crippen LogP contribution in [0.4, 0.5) is 10.2 Å². The van der Waals surface area contributed by atoms with Crippen LogP contribution in [0.15, 0.2) is 34.9 Å². The van der Waals surface area contributed by atoms with Gasteiger partial charge in [0.2, 0.25) is 0 Å². The van der Waals surface area contributed by atoms with E-state index < -0.39 is 0 Å². The first kappa shape index (κ1) is 13.6. The Morgan fingerprint density at radius 1 is 1.40 bits per heavy atom. The number of nitrogens with one attached hydrogen (secondary N) is 1. The van der Waals surface area contributed by atoms with Gasteiger partial charge in [-0.2, -0.15) is 5.10 Å². The van der Waals surface area contributed by atoms with E-state index >= 15 is 0 Å². The molecule has 0 saturated carbocycles. The maximum Gasteiger partial charge on any atom is 0.148 e. The molecule has 106 valence electrons. The molecule has 3 rings (SSSR count). The predicted molar refractivity (Wildman–Crippen MR) is 78.4 cm³/mol. The molecular weight excluding hydrogens is 325 g/mol. The predicted octanol–water partition coefficient (Wildman–Crippen LogP) is 3.01. The lowest BCUT2D eigenvalue weighted by molar-refractivity contribution is -0.0285. The summed E-state index contributed by atoms with van der Waals surface area (Å²) >= 11 is 3.35. The van der Waals surface area contributed by atoms with Gasteiger partial charge >= 0.3 is 0 Å². The van der Waals surface area contributed by atoms with E-state index in [0.717, 1.165) is 23.5 Å². The third-order valence-corrected chi connectivity index (χ3v) is 3.80. The molecule has 6 heteroatoms. The van der Waals surface area contributed by atoms with Crippen LogP contribution in [0.2, 0.25) is 0 Å². The van der Waals surface area contributed by atoms with E-state index in [0.29, 0.717) is 24.6 Å². The molecule has 1 N–H and O–H groups in total. The average molecular weight is 340 g/mol. The van der Waals surface area contributed by atoms with Crippen molar-refractivity contribution in [2.45, 2.75) is 12.5 Å². The fourth-order valence-corrected chi connectivity index (χ4v) is 2.48. The second kappa shape index (κ2) is 5.93. The van der Waals surface area contributed by atoms with Crippen LogP contribution in [0.5, 0.6) is 0 Å². The average Bonchev–Trinajstić information content (AvgIpc) is 2.80. The Hall–Kier alpha value is -1.40. The number of nitrogens with zero attached hydrogens (tertiary/aromatic N) is 2. The molecule has 0 aliphatic carbocycles. The van der Waals surface area contributed by atoms with Crippen molar-refractivity contribution < 1.29 is 9.13 Å².